The standard InChI is InChI=1S/C14H23NO3/c1-16-10-9-15-8-4-5-12-11-13(17-2)6-7-14(12)18-3/h6-7,11,15H,4-5,8-10H2,1-3H3. The third-order valence-electron chi connectivity index (χ3n) is 2.77. The number of aryl methyl sites for hydroxylation is 1. The predicted octanol–water partition coefficient (Wildman–Crippen LogP) is 1.87. The van der Waals surface area contributed by atoms with E-state index < -0.39 is 0 Å². The lowest BCUT2D eigenvalue weighted by atomic mass is 10.1. The second-order valence-electron chi connectivity index (χ2n) is 4.02. The largest absolute Gasteiger partial charge is 0.497 e. The summed E-state index contributed by atoms with van der Waals surface area (Å²) in [7, 11) is 5.09. The van der Waals surface area contributed by atoms with Gasteiger partial charge >= 0.3 is 0 Å². The Morgan fingerprint density at radius 2 is 1.89 bits per heavy atom. The van der Waals surface area contributed by atoms with Crippen molar-refractivity contribution in [2.45, 2.75) is 12.8 Å². The van der Waals surface area contributed by atoms with E-state index in [1.807, 2.05) is 18.2 Å². The van der Waals surface area contributed by atoms with Gasteiger partial charge in [0, 0.05) is 13.7 Å². The molecule has 0 fully saturated rings. The molecule has 0 spiro atoms. The maximum Gasteiger partial charge on any atom is 0.122 e. The topological polar surface area (TPSA) is 39.7 Å². The van der Waals surface area contributed by atoms with Gasteiger partial charge in [-0.1, -0.05) is 0 Å². The zero-order valence-electron chi connectivity index (χ0n) is 11.5. The monoisotopic (exact) mass is 253 g/mol. The second kappa shape index (κ2) is 8.78. The molecule has 0 bridgehead atoms. The van der Waals surface area contributed by atoms with Crippen LogP contribution in [0, 0.1) is 0 Å². The van der Waals surface area contributed by atoms with Crippen LogP contribution in [0.15, 0.2) is 18.2 Å². The molecule has 0 saturated carbocycles. The Morgan fingerprint density at radius 1 is 1.06 bits per heavy atom. The molecule has 18 heavy (non-hydrogen) atoms. The summed E-state index contributed by atoms with van der Waals surface area (Å²) in [6.07, 6.45) is 2.04. The second-order valence-corrected chi connectivity index (χ2v) is 4.02. The van der Waals surface area contributed by atoms with Crippen molar-refractivity contribution in [2.24, 2.45) is 0 Å². The number of hydrogen-bond acceptors (Lipinski definition) is 4. The zero-order valence-corrected chi connectivity index (χ0v) is 11.5. The molecular formula is C14H23NO3. The molecule has 0 aliphatic carbocycles. The molecule has 0 aliphatic heterocycles. The predicted molar refractivity (Wildman–Crippen MR) is 72.6 cm³/mol. The minimum absolute atomic E-state index is 0.752. The quantitative estimate of drug-likeness (QED) is 0.682. The van der Waals surface area contributed by atoms with Gasteiger partial charge in [-0.3, -0.25) is 0 Å². The minimum Gasteiger partial charge on any atom is -0.497 e. The Bertz CT molecular complexity index is 342. The van der Waals surface area contributed by atoms with Gasteiger partial charge in [0.15, 0.2) is 0 Å². The molecule has 4 heteroatoms. The molecule has 1 N–H and O–H groups in total. The molecule has 1 rings (SSSR count). The third-order valence-corrected chi connectivity index (χ3v) is 2.77. The average Bonchev–Trinajstić information content (AvgIpc) is 2.42. The molecule has 0 radical (unpaired) electrons. The van der Waals surface area contributed by atoms with E-state index in [2.05, 4.69) is 5.32 Å². The third kappa shape index (κ3) is 4.94. The van der Waals surface area contributed by atoms with Gasteiger partial charge in [-0.05, 0) is 43.1 Å². The molecule has 0 aromatic heterocycles. The van der Waals surface area contributed by atoms with Gasteiger partial charge in [0.1, 0.15) is 11.5 Å². The molecule has 0 amide bonds. The van der Waals surface area contributed by atoms with E-state index in [9.17, 15) is 0 Å². The zero-order chi connectivity index (χ0) is 13.2. The first-order valence-corrected chi connectivity index (χ1v) is 6.22. The Labute approximate surface area is 109 Å². The van der Waals surface area contributed by atoms with Crippen molar-refractivity contribution in [3.63, 3.8) is 0 Å². The lowest BCUT2D eigenvalue weighted by molar-refractivity contribution is 0.199. The van der Waals surface area contributed by atoms with E-state index in [1.54, 1.807) is 21.3 Å². The van der Waals surface area contributed by atoms with E-state index in [0.717, 1.165) is 44.0 Å². The molecule has 0 aliphatic rings. The molecule has 1 aromatic rings. The van der Waals surface area contributed by atoms with E-state index in [-0.39, 0.29) is 0 Å². The SMILES string of the molecule is COCCNCCCc1cc(OC)ccc1OC. The normalized spacial score (nSPS) is 10.4. The van der Waals surface area contributed by atoms with Gasteiger partial charge in [0.05, 0.1) is 20.8 Å². The smallest absolute Gasteiger partial charge is 0.122 e. The van der Waals surface area contributed by atoms with Crippen molar-refractivity contribution >= 4 is 0 Å². The molecule has 102 valence electrons. The van der Waals surface area contributed by atoms with Crippen molar-refractivity contribution < 1.29 is 14.2 Å². The summed E-state index contributed by atoms with van der Waals surface area (Å²) < 4.78 is 15.5. The van der Waals surface area contributed by atoms with Crippen molar-refractivity contribution in [2.75, 3.05) is 41.0 Å². The fraction of sp³-hybridized carbons (Fsp3) is 0.571. The van der Waals surface area contributed by atoms with Crippen LogP contribution in [0.1, 0.15) is 12.0 Å². The Balaban J connectivity index is 2.39. The van der Waals surface area contributed by atoms with Crippen LogP contribution in [0.25, 0.3) is 0 Å². The number of ether oxygens (including phenoxy) is 3. The van der Waals surface area contributed by atoms with Crippen LogP contribution in [-0.4, -0.2) is 41.0 Å². The lowest BCUT2D eigenvalue weighted by Crippen LogP contribution is -2.20. The highest BCUT2D eigenvalue weighted by molar-refractivity contribution is 5.40. The van der Waals surface area contributed by atoms with Crippen LogP contribution >= 0.6 is 0 Å². The Hall–Kier alpha value is -1.26. The van der Waals surface area contributed by atoms with Gasteiger partial charge < -0.3 is 19.5 Å². The average molecular weight is 253 g/mol. The van der Waals surface area contributed by atoms with Crippen molar-refractivity contribution in [1.82, 2.24) is 5.32 Å². The van der Waals surface area contributed by atoms with Crippen LogP contribution in [-0.2, 0) is 11.2 Å². The summed E-state index contributed by atoms with van der Waals surface area (Å²) >= 11 is 0. The molecule has 0 heterocycles. The summed E-state index contributed by atoms with van der Waals surface area (Å²) in [5.74, 6) is 1.80. The van der Waals surface area contributed by atoms with Crippen molar-refractivity contribution in [3.05, 3.63) is 23.8 Å². The first-order valence-electron chi connectivity index (χ1n) is 6.22. The van der Waals surface area contributed by atoms with E-state index >= 15 is 0 Å². The first-order chi connectivity index (χ1) is 8.81. The number of benzene rings is 1. The summed E-state index contributed by atoms with van der Waals surface area (Å²) in [5.41, 5.74) is 1.19. The first kappa shape index (κ1) is 14.8. The van der Waals surface area contributed by atoms with Crippen molar-refractivity contribution in [3.8, 4) is 11.5 Å². The number of methoxy groups -OCH3 is 3. The van der Waals surface area contributed by atoms with Gasteiger partial charge in [-0.15, -0.1) is 0 Å². The molecule has 0 unspecified atom stereocenters. The highest BCUT2D eigenvalue weighted by Crippen LogP contribution is 2.24. The fourth-order valence-corrected chi connectivity index (χ4v) is 1.78. The van der Waals surface area contributed by atoms with Crippen LogP contribution in [0.5, 0.6) is 11.5 Å². The highest BCUT2D eigenvalue weighted by atomic mass is 16.5. The van der Waals surface area contributed by atoms with Crippen LogP contribution in [0.2, 0.25) is 0 Å². The van der Waals surface area contributed by atoms with Crippen LogP contribution in [0.4, 0.5) is 0 Å². The minimum atomic E-state index is 0.752. The van der Waals surface area contributed by atoms with Crippen LogP contribution < -0.4 is 14.8 Å². The maximum atomic E-state index is 5.34. The number of nitrogens with one attached hydrogen (secondary N) is 1. The summed E-state index contributed by atoms with van der Waals surface area (Å²) in [4.78, 5) is 0. The van der Waals surface area contributed by atoms with Gasteiger partial charge in [0.2, 0.25) is 0 Å². The number of rotatable bonds is 9. The number of hydrogen-bond donors (Lipinski definition) is 1. The maximum absolute atomic E-state index is 5.34. The van der Waals surface area contributed by atoms with E-state index in [0.29, 0.717) is 0 Å². The fourth-order valence-electron chi connectivity index (χ4n) is 1.78. The van der Waals surface area contributed by atoms with Gasteiger partial charge in [-0.2, -0.15) is 0 Å². The van der Waals surface area contributed by atoms with E-state index in [4.69, 9.17) is 14.2 Å². The molecular weight excluding hydrogens is 230 g/mol. The van der Waals surface area contributed by atoms with Crippen LogP contribution in [0.3, 0.4) is 0 Å². The summed E-state index contributed by atoms with van der Waals surface area (Å²) in [5, 5.41) is 3.33. The molecule has 0 atom stereocenters. The van der Waals surface area contributed by atoms with E-state index in [1.165, 1.54) is 5.56 Å². The Morgan fingerprint density at radius 3 is 2.56 bits per heavy atom. The van der Waals surface area contributed by atoms with Gasteiger partial charge in [-0.25, -0.2) is 0 Å². The molecule has 0 saturated heterocycles. The lowest BCUT2D eigenvalue weighted by Gasteiger charge is -2.10. The molecule has 4 nitrogen and oxygen atoms in total. The highest BCUT2D eigenvalue weighted by Gasteiger charge is 2.04. The Kier molecular flexibility index (Phi) is 7.22. The van der Waals surface area contributed by atoms with Crippen molar-refractivity contribution in [1.29, 1.82) is 0 Å². The molecule has 1 aromatic carbocycles. The summed E-state index contributed by atoms with van der Waals surface area (Å²) in [6.45, 7) is 2.62. The summed E-state index contributed by atoms with van der Waals surface area (Å²) in [6, 6.07) is 5.90. The van der Waals surface area contributed by atoms with Gasteiger partial charge in [0.25, 0.3) is 0 Å².